The lowest BCUT2D eigenvalue weighted by Gasteiger charge is -2.07. The highest BCUT2D eigenvalue weighted by Crippen LogP contribution is 2.23. The molecule has 2 heterocycles. The fraction of sp³-hybridized carbons (Fsp3) is 0.250. The zero-order valence-electron chi connectivity index (χ0n) is 10.7. The lowest BCUT2D eigenvalue weighted by Crippen LogP contribution is -2.07. The monoisotopic (exact) mass is 260 g/mol. The topological polar surface area (TPSA) is 87.1 Å². The summed E-state index contributed by atoms with van der Waals surface area (Å²) in [7, 11) is 2.81. The molecule has 7 nitrogen and oxygen atoms in total. The molecule has 2 rings (SSSR count). The highest BCUT2D eigenvalue weighted by molar-refractivity contribution is 5.90. The number of esters is 1. The van der Waals surface area contributed by atoms with Gasteiger partial charge in [0.05, 0.1) is 31.0 Å². The van der Waals surface area contributed by atoms with Gasteiger partial charge in [-0.05, 0) is 6.92 Å². The van der Waals surface area contributed by atoms with Crippen LogP contribution in [-0.4, -0.2) is 40.1 Å². The van der Waals surface area contributed by atoms with E-state index < -0.39 is 5.97 Å². The second kappa shape index (κ2) is 5.38. The van der Waals surface area contributed by atoms with Gasteiger partial charge in [-0.25, -0.2) is 24.7 Å². The Morgan fingerprint density at radius 2 is 2.00 bits per heavy atom. The van der Waals surface area contributed by atoms with E-state index in [1.807, 2.05) is 0 Å². The molecule has 2 aromatic heterocycles. The van der Waals surface area contributed by atoms with Gasteiger partial charge in [-0.15, -0.1) is 0 Å². The number of aromatic nitrogens is 4. The lowest BCUT2D eigenvalue weighted by atomic mass is 10.2. The van der Waals surface area contributed by atoms with Crippen LogP contribution < -0.4 is 4.74 Å². The SMILES string of the molecule is COC(=O)c1cnc(-c2cncnc2OC)nc1C. The van der Waals surface area contributed by atoms with Crippen molar-refractivity contribution in [2.75, 3.05) is 14.2 Å². The Labute approximate surface area is 109 Å². The summed E-state index contributed by atoms with van der Waals surface area (Å²) in [5.41, 5.74) is 1.40. The minimum Gasteiger partial charge on any atom is -0.480 e. The predicted molar refractivity (Wildman–Crippen MR) is 65.7 cm³/mol. The molecule has 0 radical (unpaired) electrons. The molecule has 98 valence electrons. The maximum Gasteiger partial charge on any atom is 0.341 e. The lowest BCUT2D eigenvalue weighted by molar-refractivity contribution is 0.0599. The van der Waals surface area contributed by atoms with Crippen LogP contribution in [0.1, 0.15) is 16.1 Å². The normalized spacial score (nSPS) is 10.1. The first-order chi connectivity index (χ1) is 9.17. The van der Waals surface area contributed by atoms with Crippen LogP contribution in [0.4, 0.5) is 0 Å². The Morgan fingerprint density at radius 3 is 2.63 bits per heavy atom. The number of aryl methyl sites for hydroxylation is 1. The van der Waals surface area contributed by atoms with Crippen molar-refractivity contribution in [2.24, 2.45) is 0 Å². The fourth-order valence-corrected chi connectivity index (χ4v) is 1.54. The van der Waals surface area contributed by atoms with E-state index in [1.54, 1.807) is 13.1 Å². The molecular formula is C12H12N4O3. The second-order valence-corrected chi connectivity index (χ2v) is 3.63. The third-order valence-corrected chi connectivity index (χ3v) is 2.49. The minimum atomic E-state index is -0.472. The van der Waals surface area contributed by atoms with Gasteiger partial charge in [-0.1, -0.05) is 0 Å². The maximum atomic E-state index is 11.5. The first kappa shape index (κ1) is 12.9. The minimum absolute atomic E-state index is 0.321. The summed E-state index contributed by atoms with van der Waals surface area (Å²) < 4.78 is 9.75. The van der Waals surface area contributed by atoms with Gasteiger partial charge >= 0.3 is 5.97 Å². The van der Waals surface area contributed by atoms with Crippen molar-refractivity contribution in [1.29, 1.82) is 0 Å². The van der Waals surface area contributed by atoms with Crippen molar-refractivity contribution < 1.29 is 14.3 Å². The van der Waals surface area contributed by atoms with Crippen molar-refractivity contribution in [3.05, 3.63) is 30.0 Å². The Balaban J connectivity index is 2.47. The molecule has 0 aliphatic heterocycles. The molecule has 19 heavy (non-hydrogen) atoms. The molecule has 0 fully saturated rings. The van der Waals surface area contributed by atoms with Gasteiger partial charge in [0.15, 0.2) is 5.82 Å². The molecule has 0 spiro atoms. The van der Waals surface area contributed by atoms with E-state index in [4.69, 9.17) is 4.74 Å². The van der Waals surface area contributed by atoms with Gasteiger partial charge in [0.25, 0.3) is 0 Å². The van der Waals surface area contributed by atoms with Crippen molar-refractivity contribution >= 4 is 5.97 Å². The molecule has 0 aromatic carbocycles. The summed E-state index contributed by atoms with van der Waals surface area (Å²) in [6.07, 6.45) is 4.34. The van der Waals surface area contributed by atoms with E-state index in [0.29, 0.717) is 28.5 Å². The van der Waals surface area contributed by atoms with Crippen molar-refractivity contribution in [3.8, 4) is 17.3 Å². The van der Waals surface area contributed by atoms with Gasteiger partial charge in [-0.3, -0.25) is 0 Å². The third kappa shape index (κ3) is 2.49. The molecular weight excluding hydrogens is 248 g/mol. The summed E-state index contributed by atoms with van der Waals surface area (Å²) in [5, 5.41) is 0. The summed E-state index contributed by atoms with van der Waals surface area (Å²) >= 11 is 0. The van der Waals surface area contributed by atoms with E-state index in [-0.39, 0.29) is 0 Å². The Kier molecular flexibility index (Phi) is 3.65. The van der Waals surface area contributed by atoms with Crippen molar-refractivity contribution in [2.45, 2.75) is 6.92 Å². The zero-order valence-corrected chi connectivity index (χ0v) is 10.7. The van der Waals surface area contributed by atoms with E-state index >= 15 is 0 Å². The Morgan fingerprint density at radius 1 is 1.21 bits per heavy atom. The smallest absolute Gasteiger partial charge is 0.341 e. The fourth-order valence-electron chi connectivity index (χ4n) is 1.54. The second-order valence-electron chi connectivity index (χ2n) is 3.63. The van der Waals surface area contributed by atoms with Crippen LogP contribution in [0.15, 0.2) is 18.7 Å². The number of carbonyl (C=O) groups is 1. The van der Waals surface area contributed by atoms with Crippen molar-refractivity contribution in [3.63, 3.8) is 0 Å². The van der Waals surface area contributed by atoms with Crippen LogP contribution in [0.5, 0.6) is 5.88 Å². The Bertz CT molecular complexity index is 616. The largest absolute Gasteiger partial charge is 0.480 e. The van der Waals surface area contributed by atoms with Gasteiger partial charge in [-0.2, -0.15) is 0 Å². The number of hydrogen-bond acceptors (Lipinski definition) is 7. The molecule has 0 saturated carbocycles. The van der Waals surface area contributed by atoms with Crippen LogP contribution in [0.3, 0.4) is 0 Å². The molecule has 0 amide bonds. The molecule has 0 aliphatic rings. The van der Waals surface area contributed by atoms with E-state index in [1.165, 1.54) is 26.7 Å². The average molecular weight is 260 g/mol. The molecule has 2 aromatic rings. The summed E-state index contributed by atoms with van der Waals surface area (Å²) in [5.74, 6) is 0.295. The highest BCUT2D eigenvalue weighted by atomic mass is 16.5. The summed E-state index contributed by atoms with van der Waals surface area (Å²) in [4.78, 5) is 27.7. The first-order valence-corrected chi connectivity index (χ1v) is 5.43. The van der Waals surface area contributed by atoms with Crippen LogP contribution in [0.25, 0.3) is 11.4 Å². The van der Waals surface area contributed by atoms with Crippen LogP contribution in [0, 0.1) is 6.92 Å². The quantitative estimate of drug-likeness (QED) is 0.762. The highest BCUT2D eigenvalue weighted by Gasteiger charge is 2.15. The third-order valence-electron chi connectivity index (χ3n) is 2.49. The van der Waals surface area contributed by atoms with Gasteiger partial charge in [0.1, 0.15) is 6.33 Å². The standard InChI is InChI=1S/C12H12N4O3/c1-7-8(12(17)19-3)5-14-10(16-7)9-4-13-6-15-11(9)18-2/h4-6H,1-3H3. The molecule has 0 saturated heterocycles. The van der Waals surface area contributed by atoms with Crippen LogP contribution in [-0.2, 0) is 4.74 Å². The number of methoxy groups -OCH3 is 2. The molecule has 0 bridgehead atoms. The van der Waals surface area contributed by atoms with Gasteiger partial charge < -0.3 is 9.47 Å². The first-order valence-electron chi connectivity index (χ1n) is 5.43. The van der Waals surface area contributed by atoms with Crippen LogP contribution in [0.2, 0.25) is 0 Å². The predicted octanol–water partition coefficient (Wildman–Crippen LogP) is 1.04. The molecule has 0 atom stereocenters. The number of nitrogens with zero attached hydrogens (tertiary/aromatic N) is 4. The number of hydrogen-bond donors (Lipinski definition) is 0. The van der Waals surface area contributed by atoms with E-state index in [9.17, 15) is 4.79 Å². The average Bonchev–Trinajstić information content (AvgIpc) is 2.46. The molecule has 0 aliphatic carbocycles. The van der Waals surface area contributed by atoms with Crippen LogP contribution >= 0.6 is 0 Å². The maximum absolute atomic E-state index is 11.5. The Hall–Kier alpha value is -2.57. The summed E-state index contributed by atoms with van der Waals surface area (Å²) in [6, 6.07) is 0. The van der Waals surface area contributed by atoms with Gasteiger partial charge in [0.2, 0.25) is 5.88 Å². The molecule has 7 heteroatoms. The summed E-state index contributed by atoms with van der Waals surface area (Å²) in [6.45, 7) is 1.70. The number of rotatable bonds is 3. The molecule has 0 N–H and O–H groups in total. The van der Waals surface area contributed by atoms with Gasteiger partial charge in [0, 0.05) is 12.4 Å². The number of carbonyl (C=O) groups excluding carboxylic acids is 1. The number of ether oxygens (including phenoxy) is 2. The molecule has 0 unspecified atom stereocenters. The van der Waals surface area contributed by atoms with E-state index in [2.05, 4.69) is 24.7 Å². The van der Waals surface area contributed by atoms with Crippen molar-refractivity contribution in [1.82, 2.24) is 19.9 Å². The zero-order chi connectivity index (χ0) is 13.8. The van der Waals surface area contributed by atoms with E-state index in [0.717, 1.165) is 0 Å².